The van der Waals surface area contributed by atoms with Gasteiger partial charge in [-0.15, -0.1) is 0 Å². The maximum absolute atomic E-state index is 11.9. The van der Waals surface area contributed by atoms with Crippen LogP contribution in [0, 0.1) is 11.3 Å². The van der Waals surface area contributed by atoms with Crippen LogP contribution in [0.5, 0.6) is 5.75 Å². The number of benzene rings is 1. The van der Waals surface area contributed by atoms with E-state index in [0.717, 1.165) is 0 Å². The summed E-state index contributed by atoms with van der Waals surface area (Å²) >= 11 is 0. The van der Waals surface area contributed by atoms with E-state index in [1.54, 1.807) is 12.1 Å². The Bertz CT molecular complexity index is 631. The fourth-order valence-electron chi connectivity index (χ4n) is 1.61. The van der Waals surface area contributed by atoms with Gasteiger partial charge in [0.1, 0.15) is 5.75 Å². The third kappa shape index (κ3) is 4.55. The van der Waals surface area contributed by atoms with Crippen molar-refractivity contribution < 1.29 is 22.7 Å². The van der Waals surface area contributed by atoms with Crippen molar-refractivity contribution in [1.29, 1.82) is 5.26 Å². The molecule has 0 unspecified atom stereocenters. The largest absolute Gasteiger partial charge is 0.496 e. The average molecular weight is 297 g/mol. The molecule has 0 aromatic heterocycles. The van der Waals surface area contributed by atoms with Crippen LogP contribution in [0.3, 0.4) is 0 Å². The summed E-state index contributed by atoms with van der Waals surface area (Å²) in [4.78, 5) is 11.0. The van der Waals surface area contributed by atoms with Crippen LogP contribution in [0.15, 0.2) is 18.2 Å². The van der Waals surface area contributed by atoms with Gasteiger partial charge in [0, 0.05) is 5.56 Å². The van der Waals surface area contributed by atoms with E-state index < -0.39 is 15.8 Å². The topological polar surface area (TPSA) is 93.5 Å². The number of rotatable bonds is 6. The molecular weight excluding hydrogens is 282 g/mol. The van der Waals surface area contributed by atoms with Gasteiger partial charge in [0.25, 0.3) is 0 Å². The van der Waals surface area contributed by atoms with Crippen molar-refractivity contribution >= 4 is 15.8 Å². The average Bonchev–Trinajstić information content (AvgIpc) is 2.44. The Morgan fingerprint density at radius 2 is 2.05 bits per heavy atom. The van der Waals surface area contributed by atoms with E-state index in [-0.39, 0.29) is 17.9 Å². The summed E-state index contributed by atoms with van der Waals surface area (Å²) in [5.41, 5.74) is 0.750. The molecule has 1 aromatic carbocycles. The van der Waals surface area contributed by atoms with Gasteiger partial charge >= 0.3 is 5.97 Å². The molecule has 0 bridgehead atoms. The van der Waals surface area contributed by atoms with Crippen molar-refractivity contribution in [3.8, 4) is 11.8 Å². The molecule has 0 aliphatic carbocycles. The molecule has 0 saturated carbocycles. The molecule has 0 atom stereocenters. The third-order valence-electron chi connectivity index (χ3n) is 2.63. The van der Waals surface area contributed by atoms with Crippen LogP contribution >= 0.6 is 0 Å². The molecule has 0 saturated heterocycles. The predicted molar refractivity (Wildman–Crippen MR) is 71.8 cm³/mol. The van der Waals surface area contributed by atoms with E-state index in [4.69, 9.17) is 10.00 Å². The number of hydrogen-bond acceptors (Lipinski definition) is 6. The Kier molecular flexibility index (Phi) is 5.53. The Morgan fingerprint density at radius 1 is 1.35 bits per heavy atom. The van der Waals surface area contributed by atoms with Crippen LogP contribution in [-0.2, 0) is 25.1 Å². The number of carbonyl (C=O) groups excluding carboxylic acids is 1. The normalized spacial score (nSPS) is 10.7. The second-order valence-electron chi connectivity index (χ2n) is 4.06. The molecule has 0 amide bonds. The van der Waals surface area contributed by atoms with E-state index in [1.165, 1.54) is 20.3 Å². The molecule has 7 heteroatoms. The van der Waals surface area contributed by atoms with Crippen LogP contribution < -0.4 is 4.74 Å². The maximum atomic E-state index is 11.9. The lowest BCUT2D eigenvalue weighted by Gasteiger charge is -2.09. The molecule has 0 spiro atoms. The highest BCUT2D eigenvalue weighted by molar-refractivity contribution is 7.90. The van der Waals surface area contributed by atoms with Crippen LogP contribution in [0.4, 0.5) is 0 Å². The standard InChI is InChI=1S/C13H15NO5S/c1-18-12-4-3-10(8-14)7-11(12)9-20(16,17)6-5-13(15)19-2/h3-4,7H,5-6,9H2,1-2H3. The van der Waals surface area contributed by atoms with Gasteiger partial charge in [0.15, 0.2) is 9.84 Å². The first-order valence-electron chi connectivity index (χ1n) is 5.76. The predicted octanol–water partition coefficient (Wildman–Crippen LogP) is 1.04. The number of sulfone groups is 1. The molecule has 0 radical (unpaired) electrons. The van der Waals surface area contributed by atoms with Gasteiger partial charge in [0.2, 0.25) is 0 Å². The number of methoxy groups -OCH3 is 2. The zero-order valence-corrected chi connectivity index (χ0v) is 12.1. The van der Waals surface area contributed by atoms with Gasteiger partial charge in [-0.05, 0) is 18.2 Å². The summed E-state index contributed by atoms with van der Waals surface area (Å²) < 4.78 is 33.4. The van der Waals surface area contributed by atoms with Crippen LogP contribution in [0.25, 0.3) is 0 Å². The van der Waals surface area contributed by atoms with Gasteiger partial charge in [-0.25, -0.2) is 8.42 Å². The molecule has 1 rings (SSSR count). The number of nitrogens with zero attached hydrogens (tertiary/aromatic N) is 1. The number of carbonyl (C=O) groups is 1. The second-order valence-corrected chi connectivity index (χ2v) is 6.24. The van der Waals surface area contributed by atoms with Crippen molar-refractivity contribution in [3.05, 3.63) is 29.3 Å². The second kappa shape index (κ2) is 6.91. The van der Waals surface area contributed by atoms with Crippen LogP contribution in [0.1, 0.15) is 17.5 Å². The highest BCUT2D eigenvalue weighted by Gasteiger charge is 2.17. The summed E-state index contributed by atoms with van der Waals surface area (Å²) in [6.45, 7) is 0. The molecule has 108 valence electrons. The summed E-state index contributed by atoms with van der Waals surface area (Å²) in [7, 11) is -0.862. The fourth-order valence-corrected chi connectivity index (χ4v) is 2.93. The summed E-state index contributed by atoms with van der Waals surface area (Å²) in [6, 6.07) is 6.50. The first kappa shape index (κ1) is 16.0. The zero-order chi connectivity index (χ0) is 15.2. The lowest BCUT2D eigenvalue weighted by Crippen LogP contribution is -2.14. The molecule has 1 aromatic rings. The van der Waals surface area contributed by atoms with Gasteiger partial charge in [0.05, 0.1) is 43.8 Å². The Hall–Kier alpha value is -2.07. The minimum absolute atomic E-state index is 0.195. The van der Waals surface area contributed by atoms with Crippen molar-refractivity contribution in [2.24, 2.45) is 0 Å². The smallest absolute Gasteiger partial charge is 0.306 e. The van der Waals surface area contributed by atoms with E-state index >= 15 is 0 Å². The van der Waals surface area contributed by atoms with Crippen molar-refractivity contribution in [2.75, 3.05) is 20.0 Å². The van der Waals surface area contributed by atoms with Crippen molar-refractivity contribution in [3.63, 3.8) is 0 Å². The number of hydrogen-bond donors (Lipinski definition) is 0. The highest BCUT2D eigenvalue weighted by Crippen LogP contribution is 2.22. The summed E-state index contributed by atoms with van der Waals surface area (Å²) in [5, 5.41) is 8.83. The van der Waals surface area contributed by atoms with Gasteiger partial charge in [-0.3, -0.25) is 4.79 Å². The van der Waals surface area contributed by atoms with E-state index in [2.05, 4.69) is 4.74 Å². The van der Waals surface area contributed by atoms with Crippen molar-refractivity contribution in [2.45, 2.75) is 12.2 Å². The van der Waals surface area contributed by atoms with Gasteiger partial charge in [-0.1, -0.05) is 0 Å². The summed E-state index contributed by atoms with van der Waals surface area (Å²) in [5.74, 6) is -0.778. The summed E-state index contributed by atoms with van der Waals surface area (Å²) in [6.07, 6.45) is -0.195. The highest BCUT2D eigenvalue weighted by atomic mass is 32.2. The van der Waals surface area contributed by atoms with Gasteiger partial charge < -0.3 is 9.47 Å². The molecule has 0 aliphatic heterocycles. The molecular formula is C13H15NO5S. The van der Waals surface area contributed by atoms with Gasteiger partial charge in [-0.2, -0.15) is 5.26 Å². The first-order valence-corrected chi connectivity index (χ1v) is 7.58. The SMILES string of the molecule is COC(=O)CCS(=O)(=O)Cc1cc(C#N)ccc1OC. The molecule has 0 N–H and O–H groups in total. The lowest BCUT2D eigenvalue weighted by atomic mass is 10.1. The van der Waals surface area contributed by atoms with Crippen molar-refractivity contribution in [1.82, 2.24) is 0 Å². The Balaban J connectivity index is 2.91. The Morgan fingerprint density at radius 3 is 2.60 bits per heavy atom. The fraction of sp³-hybridized carbons (Fsp3) is 0.385. The third-order valence-corrected chi connectivity index (χ3v) is 4.21. The molecule has 6 nitrogen and oxygen atoms in total. The quantitative estimate of drug-likeness (QED) is 0.728. The maximum Gasteiger partial charge on any atom is 0.306 e. The molecule has 0 heterocycles. The van der Waals surface area contributed by atoms with E-state index in [9.17, 15) is 13.2 Å². The first-order chi connectivity index (χ1) is 9.41. The number of ether oxygens (including phenoxy) is 2. The number of nitriles is 1. The van der Waals surface area contributed by atoms with E-state index in [0.29, 0.717) is 16.9 Å². The lowest BCUT2D eigenvalue weighted by molar-refractivity contribution is -0.140. The minimum Gasteiger partial charge on any atom is -0.496 e. The monoisotopic (exact) mass is 297 g/mol. The minimum atomic E-state index is -3.49. The van der Waals surface area contributed by atoms with E-state index in [1.807, 2.05) is 6.07 Å². The van der Waals surface area contributed by atoms with Crippen LogP contribution in [-0.4, -0.2) is 34.4 Å². The Labute approximate surface area is 117 Å². The molecule has 0 fully saturated rings. The number of esters is 1. The zero-order valence-electron chi connectivity index (χ0n) is 11.3. The molecule has 20 heavy (non-hydrogen) atoms. The van der Waals surface area contributed by atoms with Crippen LogP contribution in [0.2, 0.25) is 0 Å². The molecule has 0 aliphatic rings.